The molecule has 0 saturated heterocycles. The highest BCUT2D eigenvalue weighted by Crippen LogP contribution is 2.17. The van der Waals surface area contributed by atoms with Gasteiger partial charge in [-0.15, -0.1) is 0 Å². The number of nitrogens with zero attached hydrogens (tertiary/aromatic N) is 4. The molecule has 4 rings (SSSR count). The second-order valence-electron chi connectivity index (χ2n) is 7.11. The number of benzene rings is 2. The van der Waals surface area contributed by atoms with Gasteiger partial charge in [-0.1, -0.05) is 24.3 Å². The third kappa shape index (κ3) is 3.99. The molecule has 0 bridgehead atoms. The Hall–Kier alpha value is -3.61. The summed E-state index contributed by atoms with van der Waals surface area (Å²) in [7, 11) is 1.87. The molecule has 0 amide bonds. The minimum atomic E-state index is -0.214. The van der Waals surface area contributed by atoms with Gasteiger partial charge in [-0.25, -0.2) is 4.68 Å². The van der Waals surface area contributed by atoms with Crippen molar-refractivity contribution in [2.45, 2.75) is 13.8 Å². The SMILES string of the molecule is Cc1cc(C)cc(OCCN(C)c2nc3c(cnn3-c3ccccc3)c(=O)[nH]2)c1. The van der Waals surface area contributed by atoms with Crippen molar-refractivity contribution in [1.82, 2.24) is 19.7 Å². The number of aromatic nitrogens is 4. The van der Waals surface area contributed by atoms with E-state index in [9.17, 15) is 4.79 Å². The number of fused-ring (bicyclic) bond motifs is 1. The molecule has 7 nitrogen and oxygen atoms in total. The molecule has 2 aromatic carbocycles. The van der Waals surface area contributed by atoms with Crippen LogP contribution in [0, 0.1) is 13.8 Å². The van der Waals surface area contributed by atoms with Crippen LogP contribution in [-0.4, -0.2) is 39.9 Å². The van der Waals surface area contributed by atoms with Crippen LogP contribution in [0.5, 0.6) is 5.75 Å². The Bertz CT molecular complexity index is 1180. The fraction of sp³-hybridized carbons (Fsp3) is 0.227. The Morgan fingerprint density at radius 1 is 1.10 bits per heavy atom. The van der Waals surface area contributed by atoms with E-state index in [4.69, 9.17) is 4.74 Å². The lowest BCUT2D eigenvalue weighted by Crippen LogP contribution is -2.27. The van der Waals surface area contributed by atoms with Gasteiger partial charge in [-0.05, 0) is 49.2 Å². The first-order chi connectivity index (χ1) is 14.0. The van der Waals surface area contributed by atoms with E-state index in [1.807, 2.05) is 68.3 Å². The molecule has 4 aromatic rings. The fourth-order valence-electron chi connectivity index (χ4n) is 3.27. The average Bonchev–Trinajstić information content (AvgIpc) is 3.12. The minimum absolute atomic E-state index is 0.214. The number of ether oxygens (including phenoxy) is 1. The normalized spacial score (nSPS) is 11.0. The van der Waals surface area contributed by atoms with Crippen LogP contribution >= 0.6 is 0 Å². The zero-order chi connectivity index (χ0) is 20.4. The Morgan fingerprint density at radius 2 is 1.83 bits per heavy atom. The fourth-order valence-corrected chi connectivity index (χ4v) is 3.27. The van der Waals surface area contributed by atoms with E-state index in [0.29, 0.717) is 30.1 Å². The van der Waals surface area contributed by atoms with Crippen molar-refractivity contribution in [2.75, 3.05) is 25.1 Å². The predicted octanol–water partition coefficient (Wildman–Crippen LogP) is 3.24. The molecule has 2 heterocycles. The summed E-state index contributed by atoms with van der Waals surface area (Å²) < 4.78 is 7.55. The Morgan fingerprint density at radius 3 is 2.55 bits per heavy atom. The van der Waals surface area contributed by atoms with Crippen molar-refractivity contribution < 1.29 is 4.74 Å². The Kier molecular flexibility index (Phi) is 5.03. The first-order valence-corrected chi connectivity index (χ1v) is 9.47. The molecule has 148 valence electrons. The summed E-state index contributed by atoms with van der Waals surface area (Å²) in [6, 6.07) is 15.8. The van der Waals surface area contributed by atoms with Crippen LogP contribution in [0.3, 0.4) is 0 Å². The van der Waals surface area contributed by atoms with Crippen molar-refractivity contribution in [2.24, 2.45) is 0 Å². The molecular formula is C22H23N5O2. The van der Waals surface area contributed by atoms with E-state index in [-0.39, 0.29) is 5.56 Å². The molecule has 1 N–H and O–H groups in total. The number of anilines is 1. The Labute approximate surface area is 168 Å². The molecule has 7 heteroatoms. The molecule has 0 aliphatic heterocycles. The average molecular weight is 389 g/mol. The van der Waals surface area contributed by atoms with E-state index in [2.05, 4.69) is 21.1 Å². The molecule has 0 radical (unpaired) electrons. The maximum atomic E-state index is 12.5. The molecule has 0 aliphatic carbocycles. The summed E-state index contributed by atoms with van der Waals surface area (Å²) in [5, 5.41) is 4.79. The van der Waals surface area contributed by atoms with E-state index in [0.717, 1.165) is 11.4 Å². The monoisotopic (exact) mass is 389 g/mol. The van der Waals surface area contributed by atoms with E-state index in [1.54, 1.807) is 10.9 Å². The van der Waals surface area contributed by atoms with Gasteiger partial charge >= 0.3 is 0 Å². The zero-order valence-corrected chi connectivity index (χ0v) is 16.7. The van der Waals surface area contributed by atoms with Crippen LogP contribution in [0.4, 0.5) is 5.95 Å². The van der Waals surface area contributed by atoms with Crippen molar-refractivity contribution in [3.05, 3.63) is 76.2 Å². The van der Waals surface area contributed by atoms with Crippen molar-refractivity contribution >= 4 is 17.0 Å². The highest BCUT2D eigenvalue weighted by atomic mass is 16.5. The van der Waals surface area contributed by atoms with Crippen molar-refractivity contribution in [3.8, 4) is 11.4 Å². The number of nitrogens with one attached hydrogen (secondary N) is 1. The first-order valence-electron chi connectivity index (χ1n) is 9.47. The van der Waals surface area contributed by atoms with Crippen LogP contribution in [0.25, 0.3) is 16.7 Å². The highest BCUT2D eigenvalue weighted by Gasteiger charge is 2.13. The lowest BCUT2D eigenvalue weighted by molar-refractivity contribution is 0.325. The maximum absolute atomic E-state index is 12.5. The second-order valence-corrected chi connectivity index (χ2v) is 7.11. The minimum Gasteiger partial charge on any atom is -0.492 e. The standard InChI is InChI=1S/C22H23N5O2/c1-15-11-16(2)13-18(12-15)29-10-9-26(3)22-24-20-19(21(28)25-22)14-23-27(20)17-7-5-4-6-8-17/h4-8,11-14H,9-10H2,1-3H3,(H,24,25,28). The molecule has 0 aliphatic rings. The van der Waals surface area contributed by atoms with Crippen LogP contribution in [0.1, 0.15) is 11.1 Å². The summed E-state index contributed by atoms with van der Waals surface area (Å²) >= 11 is 0. The van der Waals surface area contributed by atoms with Gasteiger partial charge in [0, 0.05) is 7.05 Å². The second kappa shape index (κ2) is 7.79. The van der Waals surface area contributed by atoms with Gasteiger partial charge in [0.2, 0.25) is 5.95 Å². The maximum Gasteiger partial charge on any atom is 0.263 e. The predicted molar refractivity (Wildman–Crippen MR) is 114 cm³/mol. The van der Waals surface area contributed by atoms with Crippen molar-refractivity contribution in [3.63, 3.8) is 0 Å². The van der Waals surface area contributed by atoms with E-state index >= 15 is 0 Å². The topological polar surface area (TPSA) is 76.0 Å². The van der Waals surface area contributed by atoms with Gasteiger partial charge in [-0.2, -0.15) is 10.1 Å². The number of likely N-dealkylation sites (N-methyl/N-ethyl adjacent to an activating group) is 1. The molecule has 29 heavy (non-hydrogen) atoms. The van der Waals surface area contributed by atoms with Crippen LogP contribution < -0.4 is 15.2 Å². The quantitative estimate of drug-likeness (QED) is 0.548. The number of H-pyrrole nitrogens is 1. The summed E-state index contributed by atoms with van der Waals surface area (Å²) in [6.45, 7) is 5.14. The molecule has 2 aromatic heterocycles. The summed E-state index contributed by atoms with van der Waals surface area (Å²) in [4.78, 5) is 21.9. The summed E-state index contributed by atoms with van der Waals surface area (Å²) in [6.07, 6.45) is 1.54. The molecular weight excluding hydrogens is 366 g/mol. The third-order valence-corrected chi connectivity index (χ3v) is 4.68. The lowest BCUT2D eigenvalue weighted by Gasteiger charge is -2.18. The summed E-state index contributed by atoms with van der Waals surface area (Å²) in [5.41, 5.74) is 3.50. The van der Waals surface area contributed by atoms with Crippen LogP contribution in [-0.2, 0) is 0 Å². The van der Waals surface area contributed by atoms with Gasteiger partial charge in [0.15, 0.2) is 5.65 Å². The van der Waals surface area contributed by atoms with E-state index in [1.165, 1.54) is 11.1 Å². The molecule has 0 unspecified atom stereocenters. The van der Waals surface area contributed by atoms with Crippen LogP contribution in [0.15, 0.2) is 59.5 Å². The lowest BCUT2D eigenvalue weighted by atomic mass is 10.1. The third-order valence-electron chi connectivity index (χ3n) is 4.68. The number of hydrogen-bond acceptors (Lipinski definition) is 5. The largest absolute Gasteiger partial charge is 0.492 e. The number of hydrogen-bond donors (Lipinski definition) is 1. The van der Waals surface area contributed by atoms with E-state index < -0.39 is 0 Å². The van der Waals surface area contributed by atoms with Gasteiger partial charge in [0.1, 0.15) is 17.7 Å². The van der Waals surface area contributed by atoms with Gasteiger partial charge in [0.25, 0.3) is 5.56 Å². The molecule has 0 fully saturated rings. The van der Waals surface area contributed by atoms with Gasteiger partial charge < -0.3 is 9.64 Å². The van der Waals surface area contributed by atoms with Gasteiger partial charge in [0.05, 0.1) is 18.4 Å². The molecule has 0 atom stereocenters. The zero-order valence-electron chi connectivity index (χ0n) is 16.7. The van der Waals surface area contributed by atoms with Crippen LogP contribution in [0.2, 0.25) is 0 Å². The number of aromatic amines is 1. The molecule has 0 saturated carbocycles. The van der Waals surface area contributed by atoms with Gasteiger partial charge in [-0.3, -0.25) is 9.78 Å². The number of aryl methyl sites for hydroxylation is 2. The number of rotatable bonds is 6. The smallest absolute Gasteiger partial charge is 0.263 e. The molecule has 0 spiro atoms. The summed E-state index contributed by atoms with van der Waals surface area (Å²) in [5.74, 6) is 1.32. The highest BCUT2D eigenvalue weighted by molar-refractivity contribution is 5.76. The Balaban J connectivity index is 1.54. The van der Waals surface area contributed by atoms with Crippen molar-refractivity contribution in [1.29, 1.82) is 0 Å². The number of para-hydroxylation sites is 1. The first kappa shape index (κ1) is 18.7.